The van der Waals surface area contributed by atoms with E-state index in [1.165, 1.54) is 9.56 Å². The second-order valence-electron chi connectivity index (χ2n) is 6.28. The topological polar surface area (TPSA) is 82.9 Å². The molecule has 4 aromatic heterocycles. The first kappa shape index (κ1) is 15.2. The number of fused-ring (bicyclic) bond motifs is 4. The molecule has 0 N–H and O–H groups in total. The van der Waals surface area contributed by atoms with Gasteiger partial charge in [0.25, 0.3) is 0 Å². The standard InChI is InChI=1S/C17H15N7OS/c1-9-10(2)26-16-14(9)15-20-23(17(25)24(15)11(3)18-16)8-22-13-7-5-4-6-12(13)19-21-22/h4-7H,8H2,1-3H3. The van der Waals surface area contributed by atoms with Gasteiger partial charge in [-0.05, 0) is 38.5 Å². The van der Waals surface area contributed by atoms with Crippen LogP contribution in [0.2, 0.25) is 0 Å². The summed E-state index contributed by atoms with van der Waals surface area (Å²) in [5.74, 6) is 0.633. The van der Waals surface area contributed by atoms with Crippen molar-refractivity contribution in [2.24, 2.45) is 0 Å². The monoisotopic (exact) mass is 365 g/mol. The smallest absolute Gasteiger partial charge is 0.245 e. The molecule has 0 spiro atoms. The fourth-order valence-electron chi connectivity index (χ4n) is 3.25. The van der Waals surface area contributed by atoms with Gasteiger partial charge in [-0.1, -0.05) is 17.3 Å². The van der Waals surface area contributed by atoms with Crippen LogP contribution in [0.25, 0.3) is 26.9 Å². The van der Waals surface area contributed by atoms with Crippen molar-refractivity contribution in [3.63, 3.8) is 0 Å². The summed E-state index contributed by atoms with van der Waals surface area (Å²) in [6, 6.07) is 7.64. The van der Waals surface area contributed by atoms with Crippen molar-refractivity contribution in [2.75, 3.05) is 0 Å². The van der Waals surface area contributed by atoms with Gasteiger partial charge in [-0.2, -0.15) is 4.68 Å². The molecule has 0 radical (unpaired) electrons. The lowest BCUT2D eigenvalue weighted by Crippen LogP contribution is -2.26. The molecule has 0 saturated heterocycles. The lowest BCUT2D eigenvalue weighted by atomic mass is 10.2. The summed E-state index contributed by atoms with van der Waals surface area (Å²) in [7, 11) is 0. The molecule has 5 aromatic rings. The van der Waals surface area contributed by atoms with E-state index in [1.54, 1.807) is 20.4 Å². The molecule has 4 heterocycles. The Kier molecular flexibility index (Phi) is 3.05. The number of hydrogen-bond donors (Lipinski definition) is 0. The molecule has 0 unspecified atom stereocenters. The van der Waals surface area contributed by atoms with Gasteiger partial charge < -0.3 is 0 Å². The average Bonchev–Trinajstić information content (AvgIpc) is 3.25. The molecular formula is C17H15N7OS. The molecule has 0 bridgehead atoms. The Morgan fingerprint density at radius 3 is 2.77 bits per heavy atom. The molecule has 0 amide bonds. The normalized spacial score (nSPS) is 12.0. The minimum atomic E-state index is -0.227. The fourth-order valence-corrected chi connectivity index (χ4v) is 4.32. The van der Waals surface area contributed by atoms with Crippen LogP contribution in [0.3, 0.4) is 0 Å². The first-order chi connectivity index (χ1) is 12.5. The van der Waals surface area contributed by atoms with Crippen molar-refractivity contribution in [3.8, 4) is 0 Å². The number of benzene rings is 1. The first-order valence-electron chi connectivity index (χ1n) is 8.18. The van der Waals surface area contributed by atoms with Crippen LogP contribution in [-0.4, -0.2) is 34.2 Å². The number of rotatable bonds is 2. The third-order valence-electron chi connectivity index (χ3n) is 4.70. The highest BCUT2D eigenvalue weighted by Crippen LogP contribution is 2.31. The maximum atomic E-state index is 12.9. The van der Waals surface area contributed by atoms with Gasteiger partial charge in [0.05, 0.1) is 10.9 Å². The van der Waals surface area contributed by atoms with Crippen molar-refractivity contribution in [3.05, 3.63) is 51.0 Å². The molecule has 0 saturated carbocycles. The van der Waals surface area contributed by atoms with Crippen LogP contribution in [0.4, 0.5) is 0 Å². The maximum absolute atomic E-state index is 12.9. The summed E-state index contributed by atoms with van der Waals surface area (Å²) in [4.78, 5) is 19.6. The molecule has 8 nitrogen and oxygen atoms in total. The minimum absolute atomic E-state index is 0.199. The average molecular weight is 365 g/mol. The van der Waals surface area contributed by atoms with Crippen molar-refractivity contribution in [1.29, 1.82) is 0 Å². The van der Waals surface area contributed by atoms with Crippen LogP contribution >= 0.6 is 11.3 Å². The van der Waals surface area contributed by atoms with E-state index in [0.717, 1.165) is 26.8 Å². The van der Waals surface area contributed by atoms with Crippen molar-refractivity contribution < 1.29 is 0 Å². The number of thiophene rings is 1. The largest absolute Gasteiger partial charge is 0.353 e. The fraction of sp³-hybridized carbons (Fsp3) is 0.235. The summed E-state index contributed by atoms with van der Waals surface area (Å²) in [6.45, 7) is 6.13. The highest BCUT2D eigenvalue weighted by molar-refractivity contribution is 7.18. The van der Waals surface area contributed by atoms with Crippen LogP contribution in [-0.2, 0) is 6.67 Å². The van der Waals surface area contributed by atoms with Gasteiger partial charge in [0.1, 0.15) is 22.8 Å². The lowest BCUT2D eigenvalue weighted by Gasteiger charge is -2.00. The van der Waals surface area contributed by atoms with Crippen molar-refractivity contribution in [1.82, 2.24) is 34.2 Å². The zero-order valence-corrected chi connectivity index (χ0v) is 15.3. The van der Waals surface area contributed by atoms with E-state index in [1.807, 2.05) is 38.1 Å². The summed E-state index contributed by atoms with van der Waals surface area (Å²) in [5, 5.41) is 13.8. The van der Waals surface area contributed by atoms with Crippen LogP contribution in [0.15, 0.2) is 29.1 Å². The van der Waals surface area contributed by atoms with Crippen LogP contribution < -0.4 is 5.69 Å². The van der Waals surface area contributed by atoms with E-state index in [2.05, 4.69) is 27.3 Å². The molecule has 26 heavy (non-hydrogen) atoms. The van der Waals surface area contributed by atoms with Gasteiger partial charge in [0, 0.05) is 4.88 Å². The summed E-state index contributed by atoms with van der Waals surface area (Å²) >= 11 is 1.63. The van der Waals surface area contributed by atoms with Gasteiger partial charge in [-0.15, -0.1) is 21.5 Å². The van der Waals surface area contributed by atoms with Crippen molar-refractivity contribution >= 4 is 38.2 Å². The van der Waals surface area contributed by atoms with E-state index in [-0.39, 0.29) is 12.4 Å². The molecule has 1 aromatic carbocycles. The Morgan fingerprint density at radius 2 is 1.92 bits per heavy atom. The molecule has 9 heteroatoms. The summed E-state index contributed by atoms with van der Waals surface area (Å²) in [6.07, 6.45) is 0. The second-order valence-corrected chi connectivity index (χ2v) is 7.49. The zero-order valence-electron chi connectivity index (χ0n) is 14.5. The van der Waals surface area contributed by atoms with E-state index < -0.39 is 0 Å². The first-order valence-corrected chi connectivity index (χ1v) is 9.00. The van der Waals surface area contributed by atoms with Crippen LogP contribution in [0, 0.1) is 20.8 Å². The minimum Gasteiger partial charge on any atom is -0.245 e. The molecule has 0 atom stereocenters. The number of para-hydroxylation sites is 1. The maximum Gasteiger partial charge on any atom is 0.353 e. The van der Waals surface area contributed by atoms with Crippen LogP contribution in [0.5, 0.6) is 0 Å². The molecular weight excluding hydrogens is 350 g/mol. The Bertz CT molecular complexity index is 1370. The number of hydrogen-bond acceptors (Lipinski definition) is 6. The summed E-state index contributed by atoms with van der Waals surface area (Å²) in [5.41, 5.74) is 3.18. The SMILES string of the molecule is Cc1sc2nc(C)n3c(=O)n(Cn4nnc5ccccc54)nc3c2c1C. The van der Waals surface area contributed by atoms with E-state index in [9.17, 15) is 4.79 Å². The van der Waals surface area contributed by atoms with Gasteiger partial charge in [-0.3, -0.25) is 0 Å². The molecule has 0 aliphatic rings. The molecule has 5 rings (SSSR count). The van der Waals surface area contributed by atoms with E-state index in [4.69, 9.17) is 0 Å². The third-order valence-corrected chi connectivity index (χ3v) is 5.81. The number of aromatic nitrogens is 7. The van der Waals surface area contributed by atoms with E-state index >= 15 is 0 Å². The predicted molar refractivity (Wildman–Crippen MR) is 99.8 cm³/mol. The second kappa shape index (κ2) is 5.21. The summed E-state index contributed by atoms with van der Waals surface area (Å²) < 4.78 is 4.66. The quantitative estimate of drug-likeness (QED) is 0.479. The van der Waals surface area contributed by atoms with Gasteiger partial charge >= 0.3 is 5.69 Å². The number of aryl methyl sites for hydroxylation is 3. The highest BCUT2D eigenvalue weighted by atomic mass is 32.1. The predicted octanol–water partition coefficient (Wildman–Crippen LogP) is 2.28. The van der Waals surface area contributed by atoms with E-state index in [0.29, 0.717) is 11.5 Å². The third kappa shape index (κ3) is 1.97. The molecule has 0 fully saturated rings. The van der Waals surface area contributed by atoms with Gasteiger partial charge in [0.2, 0.25) is 0 Å². The van der Waals surface area contributed by atoms with Crippen molar-refractivity contribution in [2.45, 2.75) is 27.4 Å². The lowest BCUT2D eigenvalue weighted by molar-refractivity contribution is 0.489. The van der Waals surface area contributed by atoms with Crippen LogP contribution in [0.1, 0.15) is 16.3 Å². The zero-order chi connectivity index (χ0) is 18.0. The highest BCUT2D eigenvalue weighted by Gasteiger charge is 2.18. The molecule has 130 valence electrons. The van der Waals surface area contributed by atoms with Gasteiger partial charge in [-0.25, -0.2) is 18.9 Å². The Morgan fingerprint density at radius 1 is 1.12 bits per heavy atom. The number of nitrogens with zero attached hydrogens (tertiary/aromatic N) is 7. The van der Waals surface area contributed by atoms with Gasteiger partial charge in [0.15, 0.2) is 5.65 Å². The Balaban J connectivity index is 1.76. The Labute approximate surface area is 151 Å². The Hall–Kier alpha value is -3.07. The molecule has 0 aliphatic carbocycles. The molecule has 0 aliphatic heterocycles.